The van der Waals surface area contributed by atoms with Gasteiger partial charge in [0.15, 0.2) is 0 Å². The van der Waals surface area contributed by atoms with Crippen LogP contribution in [0.15, 0.2) is 9.59 Å². The highest BCUT2D eigenvalue weighted by atomic mass is 16.5. The molecular weight excluding hydrogens is 274 g/mol. The Hall–Kier alpha value is -1.80. The summed E-state index contributed by atoms with van der Waals surface area (Å²) in [6, 6.07) is 0.0594. The molecule has 1 heterocycles. The van der Waals surface area contributed by atoms with Crippen molar-refractivity contribution in [2.24, 2.45) is 0 Å². The lowest BCUT2D eigenvalue weighted by Crippen LogP contribution is -2.36. The van der Waals surface area contributed by atoms with Gasteiger partial charge in [0.25, 0.3) is 5.56 Å². The number of nitrogens with one attached hydrogen (secondary N) is 2. The largest absolute Gasteiger partial charge is 0.383 e. The van der Waals surface area contributed by atoms with Gasteiger partial charge in [-0.05, 0) is 34.0 Å². The molecule has 0 aromatic carbocycles. The third-order valence-corrected chi connectivity index (χ3v) is 3.16. The Morgan fingerprint density at radius 3 is 2.67 bits per heavy atom. The molecule has 1 aromatic heterocycles. The highest BCUT2D eigenvalue weighted by Crippen LogP contribution is 2.12. The van der Waals surface area contributed by atoms with Crippen LogP contribution < -0.4 is 22.3 Å². The molecule has 0 aliphatic rings. The number of anilines is 2. The zero-order valence-electron chi connectivity index (χ0n) is 13.1. The predicted octanol–water partition coefficient (Wildman–Crippen LogP) is -0.483. The summed E-state index contributed by atoms with van der Waals surface area (Å²) in [4.78, 5) is 28.0. The van der Waals surface area contributed by atoms with Crippen LogP contribution in [0.4, 0.5) is 11.5 Å². The average molecular weight is 299 g/mol. The molecule has 8 heteroatoms. The van der Waals surface area contributed by atoms with Gasteiger partial charge in [-0.3, -0.25) is 14.3 Å². The Kier molecular flexibility index (Phi) is 6.44. The summed E-state index contributed by atoms with van der Waals surface area (Å²) < 4.78 is 6.24. The minimum Gasteiger partial charge on any atom is -0.383 e. The lowest BCUT2D eigenvalue weighted by Gasteiger charge is -2.19. The number of nitrogens with two attached hydrogens (primary N) is 1. The van der Waals surface area contributed by atoms with Crippen LogP contribution in [-0.2, 0) is 11.3 Å². The minimum atomic E-state index is -0.527. The fourth-order valence-electron chi connectivity index (χ4n) is 1.90. The van der Waals surface area contributed by atoms with Crippen LogP contribution in [0, 0.1) is 0 Å². The summed E-state index contributed by atoms with van der Waals surface area (Å²) in [5.74, 6) is 0.137. The maximum absolute atomic E-state index is 11.9. The van der Waals surface area contributed by atoms with Crippen LogP contribution in [0.3, 0.4) is 0 Å². The van der Waals surface area contributed by atoms with Crippen LogP contribution in [0.1, 0.15) is 13.3 Å². The van der Waals surface area contributed by atoms with Gasteiger partial charge >= 0.3 is 5.69 Å². The van der Waals surface area contributed by atoms with Crippen molar-refractivity contribution >= 4 is 11.5 Å². The molecular formula is C13H25N5O3. The number of hydrogen-bond donors (Lipinski definition) is 3. The molecule has 1 unspecified atom stereocenters. The first-order chi connectivity index (χ1) is 9.86. The number of rotatable bonds is 8. The van der Waals surface area contributed by atoms with Crippen molar-refractivity contribution in [3.8, 4) is 0 Å². The standard InChI is InChI=1S/C13H25N5O3/c1-9(5-6-17(2)3)15-10-11(14)18(7-8-21-4)13(20)16-12(10)19/h9,15H,5-8,14H2,1-4H3,(H,16,19,20). The van der Waals surface area contributed by atoms with Gasteiger partial charge in [-0.25, -0.2) is 4.79 Å². The first-order valence-corrected chi connectivity index (χ1v) is 6.89. The van der Waals surface area contributed by atoms with E-state index in [-0.39, 0.29) is 17.5 Å². The molecule has 1 aromatic rings. The van der Waals surface area contributed by atoms with E-state index in [4.69, 9.17) is 10.5 Å². The second-order valence-electron chi connectivity index (χ2n) is 5.30. The number of aromatic amines is 1. The first kappa shape index (κ1) is 17.3. The molecule has 0 aliphatic heterocycles. The Morgan fingerprint density at radius 2 is 2.10 bits per heavy atom. The Labute approximate surface area is 123 Å². The number of H-pyrrole nitrogens is 1. The van der Waals surface area contributed by atoms with Crippen molar-refractivity contribution in [2.75, 3.05) is 45.4 Å². The van der Waals surface area contributed by atoms with Crippen molar-refractivity contribution in [2.45, 2.75) is 25.9 Å². The fourth-order valence-corrected chi connectivity index (χ4v) is 1.90. The second-order valence-corrected chi connectivity index (χ2v) is 5.30. The highest BCUT2D eigenvalue weighted by molar-refractivity contribution is 5.60. The van der Waals surface area contributed by atoms with Crippen molar-refractivity contribution in [3.05, 3.63) is 20.8 Å². The Balaban J connectivity index is 2.96. The molecule has 21 heavy (non-hydrogen) atoms. The van der Waals surface area contributed by atoms with Crippen molar-refractivity contribution in [1.82, 2.24) is 14.5 Å². The summed E-state index contributed by atoms with van der Waals surface area (Å²) in [6.45, 7) is 3.48. The third kappa shape index (κ3) is 4.91. The molecule has 0 saturated heterocycles. The molecule has 0 aliphatic carbocycles. The third-order valence-electron chi connectivity index (χ3n) is 3.16. The molecule has 8 nitrogen and oxygen atoms in total. The Bertz CT molecular complexity index is 564. The second kappa shape index (κ2) is 7.84. The first-order valence-electron chi connectivity index (χ1n) is 6.89. The van der Waals surface area contributed by atoms with E-state index >= 15 is 0 Å². The van der Waals surface area contributed by atoms with Gasteiger partial charge in [0.2, 0.25) is 0 Å². The maximum atomic E-state index is 11.9. The van der Waals surface area contributed by atoms with E-state index in [0.29, 0.717) is 13.2 Å². The quantitative estimate of drug-likeness (QED) is 0.598. The topological polar surface area (TPSA) is 105 Å². The normalized spacial score (nSPS) is 12.6. The number of ether oxygens (including phenoxy) is 1. The number of aromatic nitrogens is 2. The monoisotopic (exact) mass is 299 g/mol. The Morgan fingerprint density at radius 1 is 1.43 bits per heavy atom. The summed E-state index contributed by atoms with van der Waals surface area (Å²) in [6.07, 6.45) is 0.850. The fraction of sp³-hybridized carbons (Fsp3) is 0.692. The van der Waals surface area contributed by atoms with Crippen LogP contribution >= 0.6 is 0 Å². The smallest absolute Gasteiger partial charge is 0.330 e. The van der Waals surface area contributed by atoms with Crippen LogP contribution in [0.2, 0.25) is 0 Å². The zero-order chi connectivity index (χ0) is 16.0. The van der Waals surface area contributed by atoms with Crippen molar-refractivity contribution in [1.29, 1.82) is 0 Å². The van der Waals surface area contributed by atoms with Gasteiger partial charge < -0.3 is 20.7 Å². The molecule has 0 fully saturated rings. The average Bonchev–Trinajstić information content (AvgIpc) is 2.41. The van der Waals surface area contributed by atoms with E-state index in [9.17, 15) is 9.59 Å². The lowest BCUT2D eigenvalue weighted by molar-refractivity contribution is 0.186. The molecule has 4 N–H and O–H groups in total. The molecule has 0 bridgehead atoms. The molecule has 0 spiro atoms. The summed E-state index contributed by atoms with van der Waals surface area (Å²) in [7, 11) is 5.51. The highest BCUT2D eigenvalue weighted by Gasteiger charge is 2.14. The van der Waals surface area contributed by atoms with E-state index in [1.807, 2.05) is 21.0 Å². The van der Waals surface area contributed by atoms with E-state index in [1.54, 1.807) is 0 Å². The summed E-state index contributed by atoms with van der Waals surface area (Å²) >= 11 is 0. The molecule has 0 radical (unpaired) electrons. The van der Waals surface area contributed by atoms with Gasteiger partial charge in [-0.2, -0.15) is 0 Å². The number of methoxy groups -OCH3 is 1. The molecule has 0 amide bonds. The van der Waals surface area contributed by atoms with Gasteiger partial charge in [0.05, 0.1) is 13.2 Å². The summed E-state index contributed by atoms with van der Waals surface area (Å²) in [5, 5.41) is 3.08. The van der Waals surface area contributed by atoms with Crippen LogP contribution in [0.25, 0.3) is 0 Å². The van der Waals surface area contributed by atoms with Gasteiger partial charge in [-0.1, -0.05) is 0 Å². The van der Waals surface area contributed by atoms with Crippen molar-refractivity contribution in [3.63, 3.8) is 0 Å². The van der Waals surface area contributed by atoms with E-state index < -0.39 is 11.2 Å². The lowest BCUT2D eigenvalue weighted by atomic mass is 10.2. The zero-order valence-corrected chi connectivity index (χ0v) is 13.1. The number of hydrogen-bond acceptors (Lipinski definition) is 6. The molecule has 120 valence electrons. The molecule has 1 atom stereocenters. The maximum Gasteiger partial charge on any atom is 0.330 e. The number of nitrogen functional groups attached to an aromatic ring is 1. The van der Waals surface area contributed by atoms with Crippen LogP contribution in [0.5, 0.6) is 0 Å². The van der Waals surface area contributed by atoms with E-state index in [0.717, 1.165) is 13.0 Å². The van der Waals surface area contributed by atoms with Gasteiger partial charge in [0.1, 0.15) is 11.5 Å². The van der Waals surface area contributed by atoms with Gasteiger partial charge in [-0.15, -0.1) is 0 Å². The summed E-state index contributed by atoms with van der Waals surface area (Å²) in [5.41, 5.74) is 5.15. The molecule has 0 saturated carbocycles. The van der Waals surface area contributed by atoms with E-state index in [1.165, 1.54) is 11.7 Å². The molecule has 1 rings (SSSR count). The SMILES string of the molecule is COCCn1c(N)c(NC(C)CCN(C)C)c(=O)[nH]c1=O. The van der Waals surface area contributed by atoms with E-state index in [2.05, 4.69) is 15.2 Å². The van der Waals surface area contributed by atoms with Crippen LogP contribution in [-0.4, -0.2) is 54.8 Å². The number of nitrogens with zero attached hydrogens (tertiary/aromatic N) is 2. The predicted molar refractivity (Wildman–Crippen MR) is 83.9 cm³/mol. The van der Waals surface area contributed by atoms with Gasteiger partial charge in [0, 0.05) is 13.2 Å². The van der Waals surface area contributed by atoms with Crippen molar-refractivity contribution < 1.29 is 4.74 Å². The minimum absolute atomic E-state index is 0.0594.